The highest BCUT2D eigenvalue weighted by molar-refractivity contribution is 5.88. The van der Waals surface area contributed by atoms with Gasteiger partial charge in [-0.05, 0) is 83.4 Å². The van der Waals surface area contributed by atoms with E-state index in [1.807, 2.05) is 58.0 Å². The first kappa shape index (κ1) is 31.6. The average Bonchev–Trinajstić information content (AvgIpc) is 2.91. The fourth-order valence-corrected chi connectivity index (χ4v) is 4.90. The predicted molar refractivity (Wildman–Crippen MR) is 153 cm³/mol. The molecule has 2 amide bonds. The molecular formula is C31H41N3O7. The minimum absolute atomic E-state index is 0.148. The van der Waals surface area contributed by atoms with Crippen LogP contribution in [-0.4, -0.2) is 58.8 Å². The summed E-state index contributed by atoms with van der Waals surface area (Å²) in [4.78, 5) is 53.1. The first-order valence-corrected chi connectivity index (χ1v) is 14.1. The molecule has 10 nitrogen and oxygen atoms in total. The van der Waals surface area contributed by atoms with Crippen molar-refractivity contribution in [3.05, 3.63) is 53.3 Å². The summed E-state index contributed by atoms with van der Waals surface area (Å²) >= 11 is 0. The molecule has 3 N–H and O–H groups in total. The van der Waals surface area contributed by atoms with Crippen LogP contribution in [0.2, 0.25) is 0 Å². The maximum atomic E-state index is 12.9. The summed E-state index contributed by atoms with van der Waals surface area (Å²) in [5.41, 5.74) is 2.86. The summed E-state index contributed by atoms with van der Waals surface area (Å²) in [5, 5.41) is 15.3. The second kappa shape index (κ2) is 14.1. The molecule has 1 heterocycles. The summed E-state index contributed by atoms with van der Waals surface area (Å²) in [7, 11) is 0. The molecule has 0 radical (unpaired) electrons. The van der Waals surface area contributed by atoms with E-state index in [4.69, 9.17) is 9.47 Å². The van der Waals surface area contributed by atoms with Gasteiger partial charge in [0.05, 0.1) is 6.61 Å². The summed E-state index contributed by atoms with van der Waals surface area (Å²) in [6.07, 6.45) is 2.50. The molecule has 1 saturated carbocycles. The van der Waals surface area contributed by atoms with E-state index in [-0.39, 0.29) is 36.5 Å². The van der Waals surface area contributed by atoms with Crippen LogP contribution in [-0.2, 0) is 25.5 Å². The van der Waals surface area contributed by atoms with Crippen molar-refractivity contribution in [3.63, 3.8) is 0 Å². The Labute approximate surface area is 241 Å². The Bertz CT molecular complexity index is 1230. The van der Waals surface area contributed by atoms with Crippen LogP contribution in [0.25, 0.3) is 11.1 Å². The van der Waals surface area contributed by atoms with Gasteiger partial charge in [0.1, 0.15) is 17.3 Å². The Morgan fingerprint density at radius 1 is 1.02 bits per heavy atom. The SMILES string of the molecule is CCOC(=O)c1ccc(-c2ccc(C[C@H](NC(=O)C3CCC(CNC(=O)OC(C)(C)C)CC3)C(=O)O)cc2)c(C)n1. The van der Waals surface area contributed by atoms with E-state index in [1.54, 1.807) is 13.0 Å². The largest absolute Gasteiger partial charge is 0.480 e. The van der Waals surface area contributed by atoms with Crippen molar-refractivity contribution in [1.29, 1.82) is 0 Å². The molecule has 3 rings (SSSR count). The molecule has 1 aromatic heterocycles. The number of aliphatic carboxylic acids is 1. The Morgan fingerprint density at radius 2 is 1.68 bits per heavy atom. The second-order valence-electron chi connectivity index (χ2n) is 11.5. The van der Waals surface area contributed by atoms with Crippen LogP contribution in [0.3, 0.4) is 0 Å². The third-order valence-corrected chi connectivity index (χ3v) is 7.04. The number of ether oxygens (including phenoxy) is 2. The number of hydrogen-bond donors (Lipinski definition) is 3. The zero-order valence-electron chi connectivity index (χ0n) is 24.5. The van der Waals surface area contributed by atoms with Gasteiger partial charge in [-0.3, -0.25) is 4.79 Å². The van der Waals surface area contributed by atoms with Crippen molar-refractivity contribution < 1.29 is 33.8 Å². The summed E-state index contributed by atoms with van der Waals surface area (Å²) in [6.45, 7) is 9.74. The van der Waals surface area contributed by atoms with E-state index < -0.39 is 29.7 Å². The van der Waals surface area contributed by atoms with E-state index in [0.717, 1.165) is 29.5 Å². The number of rotatable bonds is 10. The fraction of sp³-hybridized carbons (Fsp3) is 0.516. The van der Waals surface area contributed by atoms with Crippen LogP contribution in [0, 0.1) is 18.8 Å². The smallest absolute Gasteiger partial charge is 0.407 e. The van der Waals surface area contributed by atoms with E-state index in [2.05, 4.69) is 15.6 Å². The molecule has 1 fully saturated rings. The van der Waals surface area contributed by atoms with Crippen molar-refractivity contribution in [1.82, 2.24) is 15.6 Å². The van der Waals surface area contributed by atoms with Gasteiger partial charge < -0.3 is 25.2 Å². The highest BCUT2D eigenvalue weighted by Gasteiger charge is 2.30. The van der Waals surface area contributed by atoms with Gasteiger partial charge in [-0.2, -0.15) is 0 Å². The predicted octanol–water partition coefficient (Wildman–Crippen LogP) is 4.68. The number of carboxylic acid groups (broad SMARTS) is 1. The number of alkyl carbamates (subject to hydrolysis) is 1. The number of carbonyl (C=O) groups excluding carboxylic acids is 3. The monoisotopic (exact) mass is 567 g/mol. The van der Waals surface area contributed by atoms with Crippen molar-refractivity contribution in [2.75, 3.05) is 13.2 Å². The molecule has 0 unspecified atom stereocenters. The normalized spacial score (nSPS) is 17.7. The lowest BCUT2D eigenvalue weighted by Crippen LogP contribution is -2.46. The summed E-state index contributed by atoms with van der Waals surface area (Å²) in [5.74, 6) is -1.82. The molecule has 0 aliphatic heterocycles. The van der Waals surface area contributed by atoms with Crippen molar-refractivity contribution in [2.45, 2.75) is 78.4 Å². The topological polar surface area (TPSA) is 144 Å². The van der Waals surface area contributed by atoms with Crippen LogP contribution in [0.4, 0.5) is 4.79 Å². The minimum Gasteiger partial charge on any atom is -0.480 e. The lowest BCUT2D eigenvalue weighted by Gasteiger charge is -2.29. The molecule has 2 aromatic rings. The lowest BCUT2D eigenvalue weighted by atomic mass is 9.81. The number of amides is 2. The Hall–Kier alpha value is -3.95. The molecule has 0 spiro atoms. The lowest BCUT2D eigenvalue weighted by molar-refractivity contribution is -0.142. The zero-order chi connectivity index (χ0) is 30.2. The quantitative estimate of drug-likeness (QED) is 0.351. The number of pyridine rings is 1. The summed E-state index contributed by atoms with van der Waals surface area (Å²) < 4.78 is 10.3. The molecule has 10 heteroatoms. The maximum Gasteiger partial charge on any atom is 0.407 e. The third kappa shape index (κ3) is 9.58. The van der Waals surface area contributed by atoms with Crippen molar-refractivity contribution in [2.24, 2.45) is 11.8 Å². The van der Waals surface area contributed by atoms with Crippen LogP contribution in [0.1, 0.15) is 75.1 Å². The van der Waals surface area contributed by atoms with Gasteiger partial charge in [0, 0.05) is 30.1 Å². The van der Waals surface area contributed by atoms with E-state index in [9.17, 15) is 24.3 Å². The molecule has 41 heavy (non-hydrogen) atoms. The van der Waals surface area contributed by atoms with Gasteiger partial charge >= 0.3 is 18.0 Å². The van der Waals surface area contributed by atoms with Crippen molar-refractivity contribution in [3.8, 4) is 11.1 Å². The molecule has 0 saturated heterocycles. The van der Waals surface area contributed by atoms with Gasteiger partial charge in [0.15, 0.2) is 0 Å². The maximum absolute atomic E-state index is 12.9. The number of carboxylic acids is 1. The van der Waals surface area contributed by atoms with Crippen LogP contribution in [0.15, 0.2) is 36.4 Å². The number of nitrogens with zero attached hydrogens (tertiary/aromatic N) is 1. The van der Waals surface area contributed by atoms with Crippen LogP contribution >= 0.6 is 0 Å². The average molecular weight is 568 g/mol. The molecule has 0 bridgehead atoms. The number of aromatic nitrogens is 1. The Kier molecular flexibility index (Phi) is 10.9. The minimum atomic E-state index is -1.09. The van der Waals surface area contributed by atoms with Gasteiger partial charge in [0.2, 0.25) is 5.91 Å². The molecule has 1 atom stereocenters. The van der Waals surface area contributed by atoms with E-state index >= 15 is 0 Å². The zero-order valence-corrected chi connectivity index (χ0v) is 24.5. The molecular weight excluding hydrogens is 526 g/mol. The third-order valence-electron chi connectivity index (χ3n) is 7.04. The second-order valence-corrected chi connectivity index (χ2v) is 11.5. The Morgan fingerprint density at radius 3 is 2.24 bits per heavy atom. The highest BCUT2D eigenvalue weighted by atomic mass is 16.6. The van der Waals surface area contributed by atoms with Gasteiger partial charge in [0.25, 0.3) is 0 Å². The fourth-order valence-electron chi connectivity index (χ4n) is 4.90. The number of nitrogens with one attached hydrogen (secondary N) is 2. The van der Waals surface area contributed by atoms with Crippen molar-refractivity contribution >= 4 is 23.9 Å². The number of aryl methyl sites for hydroxylation is 1. The first-order chi connectivity index (χ1) is 19.4. The first-order valence-electron chi connectivity index (χ1n) is 14.1. The highest BCUT2D eigenvalue weighted by Crippen LogP contribution is 2.29. The molecule has 1 aromatic carbocycles. The Balaban J connectivity index is 1.53. The molecule has 222 valence electrons. The van der Waals surface area contributed by atoms with Gasteiger partial charge in [-0.15, -0.1) is 0 Å². The number of esters is 1. The van der Waals surface area contributed by atoms with Crippen LogP contribution < -0.4 is 10.6 Å². The number of carbonyl (C=O) groups is 4. The van der Waals surface area contributed by atoms with Gasteiger partial charge in [-0.25, -0.2) is 19.4 Å². The summed E-state index contributed by atoms with van der Waals surface area (Å²) in [6, 6.07) is 9.79. The van der Waals surface area contributed by atoms with E-state index in [0.29, 0.717) is 25.1 Å². The van der Waals surface area contributed by atoms with Crippen LogP contribution in [0.5, 0.6) is 0 Å². The molecule has 1 aliphatic rings. The number of benzene rings is 1. The molecule has 1 aliphatic carbocycles. The number of hydrogen-bond acceptors (Lipinski definition) is 7. The van der Waals surface area contributed by atoms with Gasteiger partial charge in [-0.1, -0.05) is 30.3 Å². The standard InChI is InChI=1S/C31H41N3O7/c1-6-40-29(38)25-16-15-24(19(2)33-25)22-11-7-20(8-12-22)17-26(28(36)37)34-27(35)23-13-9-21(10-14-23)18-32-30(39)41-31(3,4)5/h7-8,11-12,15-16,21,23,26H,6,9-10,13-14,17-18H2,1-5H3,(H,32,39)(H,34,35)(H,36,37)/t21?,23?,26-/m0/s1. The van der Waals surface area contributed by atoms with E-state index in [1.165, 1.54) is 0 Å².